The maximum Gasteiger partial charge on any atom is 0.271 e. The van der Waals surface area contributed by atoms with Crippen LogP contribution in [0.2, 0.25) is 0 Å². The van der Waals surface area contributed by atoms with Crippen LogP contribution in [0.1, 0.15) is 49.5 Å². The van der Waals surface area contributed by atoms with Gasteiger partial charge in [0.15, 0.2) is 0 Å². The van der Waals surface area contributed by atoms with Gasteiger partial charge in [0, 0.05) is 35.9 Å². The molecule has 0 radical (unpaired) electrons. The van der Waals surface area contributed by atoms with E-state index < -0.39 is 20.9 Å². The van der Waals surface area contributed by atoms with E-state index in [0.717, 1.165) is 52.8 Å². The average molecular weight is 457 g/mol. The summed E-state index contributed by atoms with van der Waals surface area (Å²) in [7, 11) is -4.39. The van der Waals surface area contributed by atoms with Crippen LogP contribution in [0.25, 0.3) is 11.0 Å². The SMILES string of the molecule is CCCC(=O)N(c1ccc2oc3c(c2c1)CCCC3)S(=O)(=O)c1cc([N+](=O)[O-])ccc1C. The zero-order valence-electron chi connectivity index (χ0n) is 18.0. The molecule has 32 heavy (non-hydrogen) atoms. The van der Waals surface area contributed by atoms with Crippen molar-refractivity contribution in [3.8, 4) is 0 Å². The van der Waals surface area contributed by atoms with Gasteiger partial charge in [-0.1, -0.05) is 13.0 Å². The number of hydrogen-bond acceptors (Lipinski definition) is 6. The van der Waals surface area contributed by atoms with Crippen LogP contribution in [0, 0.1) is 17.0 Å². The van der Waals surface area contributed by atoms with Crippen molar-refractivity contribution in [1.29, 1.82) is 0 Å². The first kappa shape index (κ1) is 22.0. The minimum Gasteiger partial charge on any atom is -0.461 e. The van der Waals surface area contributed by atoms with Crippen LogP contribution in [0.15, 0.2) is 45.7 Å². The highest BCUT2D eigenvalue weighted by Crippen LogP contribution is 2.36. The summed E-state index contributed by atoms with van der Waals surface area (Å²) < 4.78 is 34.1. The molecule has 0 fully saturated rings. The molecule has 0 bridgehead atoms. The molecular weight excluding hydrogens is 432 g/mol. The number of nitro groups is 1. The number of furan rings is 1. The lowest BCUT2D eigenvalue weighted by Crippen LogP contribution is -2.37. The zero-order chi connectivity index (χ0) is 23.0. The number of amides is 1. The number of anilines is 1. The number of non-ortho nitro benzene ring substituents is 1. The van der Waals surface area contributed by atoms with Crippen molar-refractivity contribution in [2.24, 2.45) is 0 Å². The van der Waals surface area contributed by atoms with Crippen LogP contribution in [0.3, 0.4) is 0 Å². The molecule has 8 nitrogen and oxygen atoms in total. The quantitative estimate of drug-likeness (QED) is 0.379. The number of nitro benzene ring substituents is 1. The Morgan fingerprint density at radius 3 is 2.62 bits per heavy atom. The number of hydrogen-bond donors (Lipinski definition) is 0. The molecule has 1 heterocycles. The fourth-order valence-corrected chi connectivity index (χ4v) is 5.88. The van der Waals surface area contributed by atoms with Crippen LogP contribution in [-0.4, -0.2) is 19.2 Å². The van der Waals surface area contributed by atoms with Crippen LogP contribution in [0.5, 0.6) is 0 Å². The minimum absolute atomic E-state index is 0.0226. The molecule has 2 aromatic carbocycles. The van der Waals surface area contributed by atoms with Gasteiger partial charge in [-0.25, -0.2) is 12.7 Å². The van der Waals surface area contributed by atoms with E-state index in [4.69, 9.17) is 4.42 Å². The largest absolute Gasteiger partial charge is 0.461 e. The average Bonchev–Trinajstić information content (AvgIpc) is 3.12. The summed E-state index contributed by atoms with van der Waals surface area (Å²) in [6, 6.07) is 8.55. The second-order valence-electron chi connectivity index (χ2n) is 8.01. The van der Waals surface area contributed by atoms with Crippen LogP contribution in [-0.2, 0) is 27.7 Å². The van der Waals surface area contributed by atoms with Gasteiger partial charge in [0.1, 0.15) is 11.3 Å². The third-order valence-corrected chi connectivity index (χ3v) is 7.66. The van der Waals surface area contributed by atoms with Gasteiger partial charge >= 0.3 is 0 Å². The van der Waals surface area contributed by atoms with Crippen molar-refractivity contribution in [3.63, 3.8) is 0 Å². The first-order chi connectivity index (χ1) is 15.2. The zero-order valence-corrected chi connectivity index (χ0v) is 18.8. The predicted molar refractivity (Wildman–Crippen MR) is 120 cm³/mol. The molecule has 4 rings (SSSR count). The third kappa shape index (κ3) is 3.77. The molecule has 9 heteroatoms. The lowest BCUT2D eigenvalue weighted by molar-refractivity contribution is -0.385. The Kier molecular flexibility index (Phi) is 5.77. The molecule has 1 amide bonds. The molecule has 0 atom stereocenters. The Hall–Kier alpha value is -3.20. The maximum atomic E-state index is 13.7. The Morgan fingerprint density at radius 2 is 1.91 bits per heavy atom. The second-order valence-corrected chi connectivity index (χ2v) is 9.77. The van der Waals surface area contributed by atoms with Gasteiger partial charge in [-0.05, 0) is 56.4 Å². The molecule has 1 aliphatic rings. The Morgan fingerprint density at radius 1 is 1.16 bits per heavy atom. The summed E-state index contributed by atoms with van der Waals surface area (Å²) in [4.78, 5) is 23.4. The van der Waals surface area contributed by atoms with Gasteiger partial charge in [-0.3, -0.25) is 14.9 Å². The summed E-state index contributed by atoms with van der Waals surface area (Å²) in [5, 5.41) is 12.0. The first-order valence-electron chi connectivity index (χ1n) is 10.6. The molecule has 0 spiro atoms. The van der Waals surface area contributed by atoms with Gasteiger partial charge in [0.05, 0.1) is 15.5 Å². The van der Waals surface area contributed by atoms with Crippen molar-refractivity contribution in [1.82, 2.24) is 0 Å². The fraction of sp³-hybridized carbons (Fsp3) is 0.348. The van der Waals surface area contributed by atoms with Crippen molar-refractivity contribution >= 4 is 38.3 Å². The lowest BCUT2D eigenvalue weighted by atomic mass is 9.96. The molecule has 0 unspecified atom stereocenters. The number of fused-ring (bicyclic) bond motifs is 3. The highest BCUT2D eigenvalue weighted by Gasteiger charge is 2.33. The summed E-state index contributed by atoms with van der Waals surface area (Å²) in [6.07, 6.45) is 4.22. The number of nitrogens with zero attached hydrogens (tertiary/aromatic N) is 2. The maximum absolute atomic E-state index is 13.7. The van der Waals surface area contributed by atoms with Crippen molar-refractivity contribution in [2.75, 3.05) is 4.31 Å². The van der Waals surface area contributed by atoms with E-state index in [2.05, 4.69) is 0 Å². The number of benzene rings is 2. The van der Waals surface area contributed by atoms with Gasteiger partial charge < -0.3 is 4.42 Å². The number of carbonyl (C=O) groups is 1. The van der Waals surface area contributed by atoms with Crippen molar-refractivity contribution in [3.05, 3.63) is 63.4 Å². The first-order valence-corrected chi connectivity index (χ1v) is 12.1. The summed E-state index contributed by atoms with van der Waals surface area (Å²) >= 11 is 0. The second kappa shape index (κ2) is 8.38. The van der Waals surface area contributed by atoms with Crippen molar-refractivity contribution in [2.45, 2.75) is 57.3 Å². The van der Waals surface area contributed by atoms with Crippen LogP contribution < -0.4 is 4.31 Å². The number of aryl methyl sites for hydroxylation is 3. The Balaban J connectivity index is 1.89. The number of rotatable bonds is 6. The van der Waals surface area contributed by atoms with E-state index in [9.17, 15) is 23.3 Å². The Labute approximate surface area is 186 Å². The van der Waals surface area contributed by atoms with E-state index in [-0.39, 0.29) is 22.7 Å². The topological polar surface area (TPSA) is 111 Å². The Bertz CT molecular complexity index is 1330. The highest BCUT2D eigenvalue weighted by molar-refractivity contribution is 7.93. The fourth-order valence-electron chi connectivity index (χ4n) is 4.19. The number of sulfonamides is 1. The summed E-state index contributed by atoms with van der Waals surface area (Å²) in [5.74, 6) is 0.322. The van der Waals surface area contributed by atoms with Gasteiger partial charge in [0.25, 0.3) is 15.7 Å². The molecule has 0 aliphatic heterocycles. The summed E-state index contributed by atoms with van der Waals surface area (Å²) in [5.41, 5.74) is 1.89. The van der Waals surface area contributed by atoms with Gasteiger partial charge in [-0.15, -0.1) is 0 Å². The molecule has 1 aliphatic carbocycles. The molecule has 0 N–H and O–H groups in total. The molecule has 1 aromatic heterocycles. The smallest absolute Gasteiger partial charge is 0.271 e. The van der Waals surface area contributed by atoms with E-state index in [1.54, 1.807) is 32.0 Å². The van der Waals surface area contributed by atoms with E-state index in [0.29, 0.717) is 17.6 Å². The highest BCUT2D eigenvalue weighted by atomic mass is 32.2. The normalized spacial score (nSPS) is 13.7. The predicted octanol–water partition coefficient (Wildman–Crippen LogP) is 5.05. The monoisotopic (exact) mass is 456 g/mol. The van der Waals surface area contributed by atoms with E-state index in [1.165, 1.54) is 12.1 Å². The van der Waals surface area contributed by atoms with Crippen molar-refractivity contribution < 1.29 is 22.6 Å². The molecule has 3 aromatic rings. The van der Waals surface area contributed by atoms with E-state index >= 15 is 0 Å². The minimum atomic E-state index is -4.39. The molecule has 168 valence electrons. The molecule has 0 saturated heterocycles. The van der Waals surface area contributed by atoms with Gasteiger partial charge in [0.2, 0.25) is 5.91 Å². The van der Waals surface area contributed by atoms with E-state index in [1.807, 2.05) is 0 Å². The molecule has 0 saturated carbocycles. The third-order valence-electron chi connectivity index (χ3n) is 5.76. The standard InChI is InChI=1S/C23H24N2O6S/c1-3-6-23(26)24(32(29,30)22-14-17(25(27)28)10-9-15(22)2)16-11-12-21-19(13-16)18-7-4-5-8-20(18)31-21/h9-14H,3-8H2,1-2H3. The molecular formula is C23H24N2O6S. The number of carbonyl (C=O) groups excluding carboxylic acids is 1. The summed E-state index contributed by atoms with van der Waals surface area (Å²) in [6.45, 7) is 3.34. The van der Waals surface area contributed by atoms with Crippen LogP contribution >= 0.6 is 0 Å². The lowest BCUT2D eigenvalue weighted by Gasteiger charge is -2.23. The van der Waals surface area contributed by atoms with Crippen LogP contribution in [0.4, 0.5) is 11.4 Å². The van der Waals surface area contributed by atoms with Gasteiger partial charge in [-0.2, -0.15) is 0 Å².